The van der Waals surface area contributed by atoms with Crippen LogP contribution >= 0.6 is 11.3 Å². The molecule has 1 aromatic carbocycles. The summed E-state index contributed by atoms with van der Waals surface area (Å²) in [4.78, 5) is 25.0. The minimum absolute atomic E-state index is 0.0370. The van der Waals surface area contributed by atoms with Crippen molar-refractivity contribution in [3.05, 3.63) is 34.8 Å². The van der Waals surface area contributed by atoms with Gasteiger partial charge in [-0.15, -0.1) is 10.2 Å². The van der Waals surface area contributed by atoms with Crippen LogP contribution in [0.1, 0.15) is 67.2 Å². The lowest BCUT2D eigenvalue weighted by Crippen LogP contribution is -2.19. The third-order valence-electron chi connectivity index (χ3n) is 4.94. The lowest BCUT2D eigenvalue weighted by atomic mass is 9.86. The Hall–Kier alpha value is -2.28. The van der Waals surface area contributed by atoms with E-state index in [9.17, 15) is 9.59 Å². The molecule has 0 aliphatic heterocycles. The van der Waals surface area contributed by atoms with Crippen molar-refractivity contribution < 1.29 is 9.59 Å². The highest BCUT2D eigenvalue weighted by molar-refractivity contribution is 7.15. The van der Waals surface area contributed by atoms with E-state index in [4.69, 9.17) is 0 Å². The highest BCUT2D eigenvalue weighted by Gasteiger charge is 2.17. The summed E-state index contributed by atoms with van der Waals surface area (Å²) in [6, 6.07) is 7.05. The van der Waals surface area contributed by atoms with Crippen molar-refractivity contribution >= 4 is 34.0 Å². The van der Waals surface area contributed by atoms with E-state index < -0.39 is 0 Å². The van der Waals surface area contributed by atoms with Gasteiger partial charge in [-0.25, -0.2) is 0 Å². The molecule has 0 bridgehead atoms. The number of rotatable bonds is 7. The van der Waals surface area contributed by atoms with Gasteiger partial charge in [-0.3, -0.25) is 14.9 Å². The van der Waals surface area contributed by atoms with Crippen molar-refractivity contribution in [2.75, 3.05) is 10.6 Å². The number of anilines is 2. The minimum Gasteiger partial charge on any atom is -0.325 e. The molecule has 6 nitrogen and oxygen atoms in total. The van der Waals surface area contributed by atoms with Crippen LogP contribution in [0.25, 0.3) is 0 Å². The Morgan fingerprint density at radius 3 is 2.63 bits per heavy atom. The normalized spacial score (nSPS) is 14.7. The number of aryl methyl sites for hydroxylation is 1. The van der Waals surface area contributed by atoms with Gasteiger partial charge < -0.3 is 5.32 Å². The highest BCUT2D eigenvalue weighted by atomic mass is 32.1. The molecule has 1 aliphatic carbocycles. The topological polar surface area (TPSA) is 84.0 Å². The molecule has 0 unspecified atom stereocenters. The van der Waals surface area contributed by atoms with Gasteiger partial charge in [-0.1, -0.05) is 62.5 Å². The van der Waals surface area contributed by atoms with Crippen molar-refractivity contribution in [3.8, 4) is 0 Å². The highest BCUT2D eigenvalue weighted by Crippen LogP contribution is 2.27. The van der Waals surface area contributed by atoms with E-state index in [0.717, 1.165) is 17.8 Å². The van der Waals surface area contributed by atoms with Crippen LogP contribution in [-0.4, -0.2) is 22.0 Å². The predicted molar refractivity (Wildman–Crippen MR) is 108 cm³/mol. The minimum atomic E-state index is -0.294. The van der Waals surface area contributed by atoms with Gasteiger partial charge in [-0.05, 0) is 30.9 Å². The van der Waals surface area contributed by atoms with E-state index >= 15 is 0 Å². The third kappa shape index (κ3) is 5.60. The molecule has 0 radical (unpaired) electrons. The predicted octanol–water partition coefficient (Wildman–Crippen LogP) is 4.65. The number of nitrogens with one attached hydrogen (secondary N) is 2. The molecule has 7 heteroatoms. The second kappa shape index (κ2) is 9.60. The number of amides is 2. The van der Waals surface area contributed by atoms with Crippen LogP contribution in [0, 0.1) is 5.92 Å². The summed E-state index contributed by atoms with van der Waals surface area (Å²) in [7, 11) is 0. The Balaban J connectivity index is 1.59. The first-order chi connectivity index (χ1) is 13.2. The van der Waals surface area contributed by atoms with Crippen LogP contribution in [0.3, 0.4) is 0 Å². The molecule has 2 aromatic rings. The van der Waals surface area contributed by atoms with E-state index in [0.29, 0.717) is 28.7 Å². The van der Waals surface area contributed by atoms with E-state index in [1.165, 1.54) is 43.4 Å². The van der Waals surface area contributed by atoms with E-state index in [1.54, 1.807) is 18.2 Å². The number of hydrogen-bond donors (Lipinski definition) is 2. The Labute approximate surface area is 163 Å². The van der Waals surface area contributed by atoms with Crippen LogP contribution in [0.5, 0.6) is 0 Å². The van der Waals surface area contributed by atoms with Crippen LogP contribution < -0.4 is 10.6 Å². The van der Waals surface area contributed by atoms with Gasteiger partial charge in [0.05, 0.1) is 11.3 Å². The maximum Gasteiger partial charge on any atom is 0.259 e. The second-order valence-corrected chi connectivity index (χ2v) is 8.01. The molecule has 0 spiro atoms. The number of aromatic nitrogens is 2. The monoisotopic (exact) mass is 386 g/mol. The quantitative estimate of drug-likeness (QED) is 0.725. The molecule has 27 heavy (non-hydrogen) atoms. The van der Waals surface area contributed by atoms with Crippen LogP contribution in [-0.2, 0) is 11.2 Å². The molecule has 2 amide bonds. The molecule has 1 fully saturated rings. The van der Waals surface area contributed by atoms with Crippen molar-refractivity contribution in [2.45, 2.75) is 58.3 Å². The molecule has 3 rings (SSSR count). The SMILES string of the molecule is CCc1nnc(NC(=O)c2ccccc2NC(=O)CCC2CCCCC2)s1. The zero-order chi connectivity index (χ0) is 19.1. The van der Waals surface area contributed by atoms with Gasteiger partial charge in [0.2, 0.25) is 11.0 Å². The fourth-order valence-electron chi connectivity index (χ4n) is 3.43. The van der Waals surface area contributed by atoms with Crippen LogP contribution in [0.15, 0.2) is 24.3 Å². The summed E-state index contributed by atoms with van der Waals surface area (Å²) in [6.45, 7) is 1.99. The molecule has 0 atom stereocenters. The number of carbonyl (C=O) groups is 2. The number of para-hydroxylation sites is 1. The summed E-state index contributed by atoms with van der Waals surface area (Å²) in [6.07, 6.45) is 8.53. The molecule has 2 N–H and O–H groups in total. The molecular formula is C20H26N4O2S. The van der Waals surface area contributed by atoms with E-state index in [-0.39, 0.29) is 11.8 Å². The zero-order valence-corrected chi connectivity index (χ0v) is 16.5. The van der Waals surface area contributed by atoms with Gasteiger partial charge in [0.15, 0.2) is 0 Å². The summed E-state index contributed by atoms with van der Waals surface area (Å²) in [5.41, 5.74) is 0.959. The first-order valence-corrected chi connectivity index (χ1v) is 10.5. The summed E-state index contributed by atoms with van der Waals surface area (Å²) in [5, 5.41) is 15.0. The number of carbonyl (C=O) groups excluding carboxylic acids is 2. The Morgan fingerprint density at radius 1 is 1.11 bits per heavy atom. The number of benzene rings is 1. The maximum absolute atomic E-state index is 12.6. The average Bonchev–Trinajstić information content (AvgIpc) is 3.15. The Morgan fingerprint density at radius 2 is 1.89 bits per heavy atom. The molecular weight excluding hydrogens is 360 g/mol. The van der Waals surface area contributed by atoms with E-state index in [2.05, 4.69) is 20.8 Å². The first-order valence-electron chi connectivity index (χ1n) is 9.68. The summed E-state index contributed by atoms with van der Waals surface area (Å²) < 4.78 is 0. The fraction of sp³-hybridized carbons (Fsp3) is 0.500. The molecule has 1 saturated carbocycles. The summed E-state index contributed by atoms with van der Waals surface area (Å²) in [5.74, 6) is 0.329. The van der Waals surface area contributed by atoms with Gasteiger partial charge in [-0.2, -0.15) is 0 Å². The van der Waals surface area contributed by atoms with Crippen molar-refractivity contribution in [3.63, 3.8) is 0 Å². The molecule has 144 valence electrons. The Bertz CT molecular complexity index is 784. The number of hydrogen-bond acceptors (Lipinski definition) is 5. The molecule has 0 saturated heterocycles. The second-order valence-electron chi connectivity index (χ2n) is 6.95. The van der Waals surface area contributed by atoms with Crippen molar-refractivity contribution in [1.82, 2.24) is 10.2 Å². The van der Waals surface area contributed by atoms with Crippen LogP contribution in [0.2, 0.25) is 0 Å². The van der Waals surface area contributed by atoms with Gasteiger partial charge in [0.25, 0.3) is 5.91 Å². The van der Waals surface area contributed by atoms with Crippen molar-refractivity contribution in [1.29, 1.82) is 0 Å². The maximum atomic E-state index is 12.6. The first kappa shape index (κ1) is 19.5. The molecule has 1 aliphatic rings. The Kier molecular flexibility index (Phi) is 6.92. The van der Waals surface area contributed by atoms with Gasteiger partial charge in [0.1, 0.15) is 5.01 Å². The molecule has 1 heterocycles. The van der Waals surface area contributed by atoms with Crippen LogP contribution in [0.4, 0.5) is 10.8 Å². The lowest BCUT2D eigenvalue weighted by Gasteiger charge is -2.21. The largest absolute Gasteiger partial charge is 0.325 e. The lowest BCUT2D eigenvalue weighted by molar-refractivity contribution is -0.116. The summed E-state index contributed by atoms with van der Waals surface area (Å²) >= 11 is 1.36. The molecule has 1 aromatic heterocycles. The van der Waals surface area contributed by atoms with Gasteiger partial charge >= 0.3 is 0 Å². The average molecular weight is 387 g/mol. The zero-order valence-electron chi connectivity index (χ0n) is 15.7. The standard InChI is InChI=1S/C20H26N4O2S/c1-2-18-23-24-20(27-18)22-19(26)15-10-6-7-11-16(15)21-17(25)13-12-14-8-4-3-5-9-14/h6-7,10-11,14H,2-5,8-9,12-13H2,1H3,(H,21,25)(H,22,24,26). The smallest absolute Gasteiger partial charge is 0.259 e. The van der Waals surface area contributed by atoms with Crippen molar-refractivity contribution in [2.24, 2.45) is 5.92 Å². The fourth-order valence-corrected chi connectivity index (χ4v) is 4.10. The van der Waals surface area contributed by atoms with E-state index in [1.807, 2.05) is 13.0 Å². The number of nitrogens with zero attached hydrogens (tertiary/aromatic N) is 2. The van der Waals surface area contributed by atoms with Gasteiger partial charge in [0, 0.05) is 6.42 Å². The third-order valence-corrected chi connectivity index (χ3v) is 5.92.